The first-order valence-electron chi connectivity index (χ1n) is 7.79. The van der Waals surface area contributed by atoms with E-state index in [-0.39, 0.29) is 18.9 Å². The van der Waals surface area contributed by atoms with E-state index in [1.165, 1.54) is 4.90 Å². The lowest BCUT2D eigenvalue weighted by atomic mass is 10.1. The molecule has 0 saturated carbocycles. The summed E-state index contributed by atoms with van der Waals surface area (Å²) in [6.07, 6.45) is 0.255. The number of aromatic nitrogens is 4. The number of nitrogens with two attached hydrogens (primary N) is 1. The second kappa shape index (κ2) is 5.80. The molecular weight excluding hydrogens is 350 g/mol. The zero-order valence-electron chi connectivity index (χ0n) is 13.1. The van der Waals surface area contributed by atoms with Crippen molar-refractivity contribution < 1.29 is 8.78 Å². The molecule has 25 heavy (non-hydrogen) atoms. The molecule has 6 nitrogen and oxygen atoms in total. The molecular formula is C16H15ClF2N6. The van der Waals surface area contributed by atoms with Gasteiger partial charge in [0.25, 0.3) is 5.92 Å². The van der Waals surface area contributed by atoms with E-state index in [0.717, 1.165) is 5.56 Å². The summed E-state index contributed by atoms with van der Waals surface area (Å²) in [4.78, 5) is 17.3. The summed E-state index contributed by atoms with van der Waals surface area (Å²) in [6, 6.07) is 7.44. The summed E-state index contributed by atoms with van der Waals surface area (Å²) in [7, 11) is 0. The molecule has 1 saturated heterocycles. The van der Waals surface area contributed by atoms with E-state index >= 15 is 0 Å². The molecule has 3 N–H and O–H groups in total. The Morgan fingerprint density at radius 3 is 2.76 bits per heavy atom. The van der Waals surface area contributed by atoms with E-state index in [1.54, 1.807) is 6.07 Å². The van der Waals surface area contributed by atoms with Crippen molar-refractivity contribution in [3.63, 3.8) is 0 Å². The topological polar surface area (TPSA) is 83.7 Å². The third kappa shape index (κ3) is 3.09. The van der Waals surface area contributed by atoms with Crippen molar-refractivity contribution in [2.45, 2.75) is 18.8 Å². The van der Waals surface area contributed by atoms with Crippen LogP contribution < -0.4 is 10.6 Å². The normalized spacial score (nSPS) is 16.7. The average Bonchev–Trinajstić information content (AvgIpc) is 3.11. The molecule has 130 valence electrons. The number of hydrogen-bond donors (Lipinski definition) is 2. The standard InChI is InChI=1S/C16H15ClF2N6/c17-10-4-2-1-3-9(10)7-11-21-12-13(22-11)23-15(20)24-14(12)25-6-5-16(18,19)8-25/h1-4H,5-8H2,(H3,20,21,22,23,24). The summed E-state index contributed by atoms with van der Waals surface area (Å²) in [6.45, 7) is -0.186. The van der Waals surface area contributed by atoms with Crippen molar-refractivity contribution in [1.29, 1.82) is 0 Å². The van der Waals surface area contributed by atoms with Crippen LogP contribution in [0.1, 0.15) is 17.8 Å². The fourth-order valence-corrected chi connectivity index (χ4v) is 3.20. The Kier molecular flexibility index (Phi) is 3.72. The first-order valence-corrected chi connectivity index (χ1v) is 8.17. The van der Waals surface area contributed by atoms with Crippen LogP contribution in [0.25, 0.3) is 11.2 Å². The van der Waals surface area contributed by atoms with E-state index < -0.39 is 12.5 Å². The van der Waals surface area contributed by atoms with Gasteiger partial charge in [-0.25, -0.2) is 13.8 Å². The van der Waals surface area contributed by atoms with Crippen LogP contribution in [0, 0.1) is 0 Å². The van der Waals surface area contributed by atoms with Crippen molar-refractivity contribution in [1.82, 2.24) is 19.9 Å². The number of nitrogens with zero attached hydrogens (tertiary/aromatic N) is 4. The van der Waals surface area contributed by atoms with E-state index in [4.69, 9.17) is 17.3 Å². The SMILES string of the molecule is Nc1nc(N2CCC(F)(F)C2)c2[nH]c(Cc3ccccc3Cl)nc2n1. The van der Waals surface area contributed by atoms with Gasteiger partial charge >= 0.3 is 0 Å². The maximum absolute atomic E-state index is 13.6. The van der Waals surface area contributed by atoms with Gasteiger partial charge in [0, 0.05) is 24.4 Å². The average molecular weight is 365 g/mol. The van der Waals surface area contributed by atoms with Crippen molar-refractivity contribution in [3.05, 3.63) is 40.7 Å². The second-order valence-corrected chi connectivity index (χ2v) is 6.49. The quantitative estimate of drug-likeness (QED) is 0.746. The maximum Gasteiger partial charge on any atom is 0.266 e. The third-order valence-corrected chi connectivity index (χ3v) is 4.55. The summed E-state index contributed by atoms with van der Waals surface area (Å²) < 4.78 is 27.1. The number of hydrogen-bond acceptors (Lipinski definition) is 5. The molecule has 1 aromatic carbocycles. The van der Waals surface area contributed by atoms with E-state index in [2.05, 4.69) is 19.9 Å². The predicted molar refractivity (Wildman–Crippen MR) is 92.1 cm³/mol. The van der Waals surface area contributed by atoms with E-state index in [0.29, 0.717) is 34.2 Å². The number of alkyl halides is 2. The van der Waals surface area contributed by atoms with Crippen molar-refractivity contribution in [2.75, 3.05) is 23.7 Å². The number of benzene rings is 1. The molecule has 0 amide bonds. The molecule has 0 unspecified atom stereocenters. The van der Waals surface area contributed by atoms with Crippen molar-refractivity contribution in [2.24, 2.45) is 0 Å². The van der Waals surface area contributed by atoms with Crippen LogP contribution in [-0.4, -0.2) is 38.9 Å². The van der Waals surface area contributed by atoms with Crippen LogP contribution in [0.5, 0.6) is 0 Å². The molecule has 3 aromatic rings. The molecule has 0 aliphatic carbocycles. The highest BCUT2D eigenvalue weighted by Gasteiger charge is 2.39. The number of anilines is 2. The van der Waals surface area contributed by atoms with Gasteiger partial charge in [0.15, 0.2) is 11.5 Å². The molecule has 1 aliphatic heterocycles. The van der Waals surface area contributed by atoms with Gasteiger partial charge in [0.05, 0.1) is 6.54 Å². The Morgan fingerprint density at radius 2 is 2.04 bits per heavy atom. The third-order valence-electron chi connectivity index (χ3n) is 4.18. The van der Waals surface area contributed by atoms with Crippen LogP contribution in [0.3, 0.4) is 0 Å². The maximum atomic E-state index is 13.6. The van der Waals surface area contributed by atoms with Gasteiger partial charge in [-0.05, 0) is 11.6 Å². The molecule has 0 spiro atoms. The van der Waals surface area contributed by atoms with E-state index in [9.17, 15) is 8.78 Å². The summed E-state index contributed by atoms with van der Waals surface area (Å²) >= 11 is 6.18. The Morgan fingerprint density at radius 1 is 1.24 bits per heavy atom. The number of rotatable bonds is 3. The zero-order valence-corrected chi connectivity index (χ0v) is 13.9. The largest absolute Gasteiger partial charge is 0.368 e. The molecule has 0 radical (unpaired) electrons. The van der Waals surface area contributed by atoms with Gasteiger partial charge in [-0.1, -0.05) is 29.8 Å². The molecule has 1 aliphatic rings. The fourth-order valence-electron chi connectivity index (χ4n) is 3.00. The van der Waals surface area contributed by atoms with Gasteiger partial charge in [0.1, 0.15) is 11.3 Å². The molecule has 9 heteroatoms. The minimum Gasteiger partial charge on any atom is -0.368 e. The molecule has 0 bridgehead atoms. The van der Waals surface area contributed by atoms with Crippen LogP contribution in [-0.2, 0) is 6.42 Å². The van der Waals surface area contributed by atoms with Crippen molar-refractivity contribution in [3.8, 4) is 0 Å². The molecule has 2 aromatic heterocycles. The lowest BCUT2D eigenvalue weighted by Gasteiger charge is -2.17. The zero-order chi connectivity index (χ0) is 17.6. The number of fused-ring (bicyclic) bond motifs is 1. The summed E-state index contributed by atoms with van der Waals surface area (Å²) in [5.74, 6) is -1.74. The van der Waals surface area contributed by atoms with Crippen LogP contribution in [0.4, 0.5) is 20.5 Å². The Hall–Kier alpha value is -2.48. The number of halogens is 3. The minimum absolute atomic E-state index is 0.00788. The summed E-state index contributed by atoms with van der Waals surface area (Å²) in [5, 5.41) is 0.632. The van der Waals surface area contributed by atoms with Gasteiger partial charge in [0.2, 0.25) is 5.95 Å². The van der Waals surface area contributed by atoms with Gasteiger partial charge in [-0.3, -0.25) is 0 Å². The number of nitrogen functional groups attached to an aromatic ring is 1. The smallest absolute Gasteiger partial charge is 0.266 e. The lowest BCUT2D eigenvalue weighted by Crippen LogP contribution is -2.26. The Labute approximate surface area is 147 Å². The lowest BCUT2D eigenvalue weighted by molar-refractivity contribution is 0.0257. The Balaban J connectivity index is 1.73. The number of H-pyrrole nitrogens is 1. The highest BCUT2D eigenvalue weighted by molar-refractivity contribution is 6.31. The second-order valence-electron chi connectivity index (χ2n) is 6.08. The first-order chi connectivity index (χ1) is 11.9. The van der Waals surface area contributed by atoms with Gasteiger partial charge in [-0.2, -0.15) is 9.97 Å². The van der Waals surface area contributed by atoms with E-state index in [1.807, 2.05) is 18.2 Å². The van der Waals surface area contributed by atoms with Crippen LogP contribution in [0.2, 0.25) is 5.02 Å². The highest BCUT2D eigenvalue weighted by Crippen LogP contribution is 2.33. The predicted octanol–water partition coefficient (Wildman–Crippen LogP) is 3.02. The van der Waals surface area contributed by atoms with Crippen LogP contribution >= 0.6 is 11.6 Å². The molecule has 3 heterocycles. The Bertz CT molecular complexity index is 942. The number of aromatic amines is 1. The minimum atomic E-state index is -2.73. The van der Waals surface area contributed by atoms with Gasteiger partial charge < -0.3 is 15.6 Å². The van der Waals surface area contributed by atoms with Crippen molar-refractivity contribution >= 4 is 34.5 Å². The summed E-state index contributed by atoms with van der Waals surface area (Å²) in [5.41, 5.74) is 7.50. The molecule has 1 fully saturated rings. The number of nitrogens with one attached hydrogen (secondary N) is 1. The highest BCUT2D eigenvalue weighted by atomic mass is 35.5. The number of imidazole rings is 1. The fraction of sp³-hybridized carbons (Fsp3) is 0.312. The monoisotopic (exact) mass is 364 g/mol. The first kappa shape index (κ1) is 16.0. The molecule has 4 rings (SSSR count). The van der Waals surface area contributed by atoms with Crippen LogP contribution in [0.15, 0.2) is 24.3 Å². The van der Waals surface area contributed by atoms with Gasteiger partial charge in [-0.15, -0.1) is 0 Å². The molecule has 0 atom stereocenters.